The fourth-order valence-electron chi connectivity index (χ4n) is 1.64. The van der Waals surface area contributed by atoms with E-state index in [0.29, 0.717) is 29.4 Å². The molecule has 2 N–H and O–H groups in total. The van der Waals surface area contributed by atoms with Crippen LogP contribution in [0.5, 0.6) is 0 Å². The highest BCUT2D eigenvalue weighted by Gasteiger charge is 2.10. The lowest BCUT2D eigenvalue weighted by Crippen LogP contribution is -2.24. The lowest BCUT2D eigenvalue weighted by atomic mass is 10.2. The van der Waals surface area contributed by atoms with Gasteiger partial charge in [0.1, 0.15) is 0 Å². The van der Waals surface area contributed by atoms with E-state index in [0.717, 1.165) is 12.1 Å². The van der Waals surface area contributed by atoms with Gasteiger partial charge in [-0.2, -0.15) is 0 Å². The molecule has 0 spiro atoms. The van der Waals surface area contributed by atoms with Crippen LogP contribution < -0.4 is 10.6 Å². The maximum Gasteiger partial charge on any atom is 0.267 e. The van der Waals surface area contributed by atoms with Crippen LogP contribution in [0.1, 0.15) is 35.1 Å². The zero-order valence-corrected chi connectivity index (χ0v) is 13.4. The average Bonchev–Trinajstić information content (AvgIpc) is 3.14. The Labute approximate surface area is 131 Å². The van der Waals surface area contributed by atoms with Crippen molar-refractivity contribution in [2.45, 2.75) is 26.2 Å². The third kappa shape index (κ3) is 4.95. The molecule has 0 saturated carbocycles. The Kier molecular flexibility index (Phi) is 5.89. The summed E-state index contributed by atoms with van der Waals surface area (Å²) in [6, 6.07) is 3.61. The first kappa shape index (κ1) is 15.7. The highest BCUT2D eigenvalue weighted by molar-refractivity contribution is 7.14. The van der Waals surface area contributed by atoms with Crippen LogP contribution in [0.2, 0.25) is 0 Å². The Bertz CT molecular complexity index is 593. The molecule has 112 valence electrons. The molecule has 2 aromatic rings. The number of nitrogens with one attached hydrogen (secondary N) is 2. The second kappa shape index (κ2) is 7.90. The summed E-state index contributed by atoms with van der Waals surface area (Å²) in [5.74, 6) is -0.111. The van der Waals surface area contributed by atoms with E-state index in [1.54, 1.807) is 6.07 Å². The van der Waals surface area contributed by atoms with Crippen LogP contribution in [-0.2, 0) is 11.2 Å². The Morgan fingerprint density at radius 1 is 1.33 bits per heavy atom. The number of aromatic nitrogens is 1. The molecular weight excluding hydrogens is 306 g/mol. The number of rotatable bonds is 7. The van der Waals surface area contributed by atoms with Crippen molar-refractivity contribution in [3.05, 3.63) is 33.5 Å². The molecule has 0 fully saturated rings. The summed E-state index contributed by atoms with van der Waals surface area (Å²) in [5, 5.41) is 9.89. The molecule has 0 aliphatic heterocycles. The van der Waals surface area contributed by atoms with Crippen LogP contribution >= 0.6 is 22.7 Å². The summed E-state index contributed by atoms with van der Waals surface area (Å²) in [6.07, 6.45) is 1.93. The van der Waals surface area contributed by atoms with Crippen molar-refractivity contribution < 1.29 is 9.59 Å². The minimum absolute atomic E-state index is 0.0361. The lowest BCUT2D eigenvalue weighted by Gasteiger charge is -2.01. The Morgan fingerprint density at radius 2 is 2.19 bits per heavy atom. The van der Waals surface area contributed by atoms with Gasteiger partial charge in [0, 0.05) is 18.3 Å². The van der Waals surface area contributed by atoms with Crippen LogP contribution in [0, 0.1) is 0 Å². The third-order valence-electron chi connectivity index (χ3n) is 2.70. The molecule has 2 heterocycles. The summed E-state index contributed by atoms with van der Waals surface area (Å²) < 4.78 is 0. The van der Waals surface area contributed by atoms with E-state index in [9.17, 15) is 9.59 Å². The van der Waals surface area contributed by atoms with Crippen molar-refractivity contribution in [3.8, 4) is 0 Å². The van der Waals surface area contributed by atoms with Gasteiger partial charge in [0.05, 0.1) is 10.6 Å². The first-order chi connectivity index (χ1) is 10.2. The molecule has 7 heteroatoms. The molecule has 5 nitrogen and oxygen atoms in total. The first-order valence-electron chi connectivity index (χ1n) is 6.75. The van der Waals surface area contributed by atoms with Crippen LogP contribution in [0.4, 0.5) is 5.13 Å². The van der Waals surface area contributed by atoms with Crippen LogP contribution in [0.25, 0.3) is 0 Å². The van der Waals surface area contributed by atoms with E-state index in [1.807, 2.05) is 23.8 Å². The average molecular weight is 323 g/mol. The molecule has 0 aliphatic rings. The predicted molar refractivity (Wildman–Crippen MR) is 86.0 cm³/mol. The number of hydrogen-bond donors (Lipinski definition) is 2. The molecule has 0 bridgehead atoms. The van der Waals surface area contributed by atoms with Gasteiger partial charge in [-0.3, -0.25) is 14.9 Å². The van der Waals surface area contributed by atoms with E-state index in [4.69, 9.17) is 0 Å². The number of amides is 2. The van der Waals surface area contributed by atoms with Gasteiger partial charge >= 0.3 is 0 Å². The SMILES string of the molecule is CCCNC(=O)CCc1csc(NC(=O)c2cccs2)n1. The molecule has 21 heavy (non-hydrogen) atoms. The number of thiophene rings is 1. The fourth-order valence-corrected chi connectivity index (χ4v) is 3.00. The molecule has 2 rings (SSSR count). The van der Waals surface area contributed by atoms with Gasteiger partial charge in [-0.25, -0.2) is 4.98 Å². The molecule has 0 atom stereocenters. The van der Waals surface area contributed by atoms with E-state index in [-0.39, 0.29) is 11.8 Å². The van der Waals surface area contributed by atoms with Gasteiger partial charge in [0.25, 0.3) is 5.91 Å². The predicted octanol–water partition coefficient (Wildman–Crippen LogP) is 2.92. The highest BCUT2D eigenvalue weighted by atomic mass is 32.1. The Morgan fingerprint density at radius 3 is 2.90 bits per heavy atom. The van der Waals surface area contributed by atoms with Gasteiger partial charge in [-0.1, -0.05) is 13.0 Å². The molecule has 0 aliphatic carbocycles. The summed E-state index contributed by atoms with van der Waals surface area (Å²) in [5.41, 5.74) is 0.827. The smallest absolute Gasteiger partial charge is 0.267 e. The van der Waals surface area contributed by atoms with Crippen molar-refractivity contribution in [2.24, 2.45) is 0 Å². The van der Waals surface area contributed by atoms with Crippen LogP contribution in [-0.4, -0.2) is 23.3 Å². The second-order valence-electron chi connectivity index (χ2n) is 4.43. The minimum atomic E-state index is -0.147. The zero-order valence-electron chi connectivity index (χ0n) is 11.7. The van der Waals surface area contributed by atoms with Crippen molar-refractivity contribution in [2.75, 3.05) is 11.9 Å². The quantitative estimate of drug-likeness (QED) is 0.823. The topological polar surface area (TPSA) is 71.1 Å². The summed E-state index contributed by atoms with van der Waals surface area (Å²) in [6.45, 7) is 2.72. The van der Waals surface area contributed by atoms with Crippen molar-refractivity contribution in [1.29, 1.82) is 0 Å². The second-order valence-corrected chi connectivity index (χ2v) is 6.23. The van der Waals surface area contributed by atoms with E-state index in [1.165, 1.54) is 22.7 Å². The van der Waals surface area contributed by atoms with Crippen molar-refractivity contribution in [3.63, 3.8) is 0 Å². The maximum atomic E-state index is 11.9. The molecule has 0 radical (unpaired) electrons. The normalized spacial score (nSPS) is 10.3. The van der Waals surface area contributed by atoms with Gasteiger partial charge in [-0.15, -0.1) is 22.7 Å². The maximum absolute atomic E-state index is 11.9. The minimum Gasteiger partial charge on any atom is -0.356 e. The highest BCUT2D eigenvalue weighted by Crippen LogP contribution is 2.18. The number of carbonyl (C=O) groups excluding carboxylic acids is 2. The number of thiazole rings is 1. The molecule has 0 saturated heterocycles. The van der Waals surface area contributed by atoms with Crippen molar-refractivity contribution >= 4 is 39.6 Å². The molecule has 0 aromatic carbocycles. The largest absolute Gasteiger partial charge is 0.356 e. The Balaban J connectivity index is 1.81. The molecule has 2 amide bonds. The number of carbonyl (C=O) groups is 2. The zero-order chi connectivity index (χ0) is 15.1. The number of hydrogen-bond acceptors (Lipinski definition) is 5. The van der Waals surface area contributed by atoms with E-state index >= 15 is 0 Å². The number of nitrogens with zero attached hydrogens (tertiary/aromatic N) is 1. The molecular formula is C14H17N3O2S2. The summed E-state index contributed by atoms with van der Waals surface area (Å²) in [4.78, 5) is 28.4. The third-order valence-corrected chi connectivity index (χ3v) is 4.37. The van der Waals surface area contributed by atoms with Crippen molar-refractivity contribution in [1.82, 2.24) is 10.3 Å². The van der Waals surface area contributed by atoms with Crippen LogP contribution in [0.3, 0.4) is 0 Å². The first-order valence-corrected chi connectivity index (χ1v) is 8.51. The van der Waals surface area contributed by atoms with E-state index < -0.39 is 0 Å². The van der Waals surface area contributed by atoms with Gasteiger partial charge in [-0.05, 0) is 24.3 Å². The van der Waals surface area contributed by atoms with Gasteiger partial charge in [0.2, 0.25) is 5.91 Å². The van der Waals surface area contributed by atoms with Gasteiger partial charge < -0.3 is 5.32 Å². The monoisotopic (exact) mass is 323 g/mol. The lowest BCUT2D eigenvalue weighted by molar-refractivity contribution is -0.121. The van der Waals surface area contributed by atoms with E-state index in [2.05, 4.69) is 15.6 Å². The molecule has 0 unspecified atom stereocenters. The number of anilines is 1. The Hall–Kier alpha value is -1.73. The van der Waals surface area contributed by atoms with Gasteiger partial charge in [0.15, 0.2) is 5.13 Å². The fraction of sp³-hybridized carbons (Fsp3) is 0.357. The summed E-state index contributed by atoms with van der Waals surface area (Å²) in [7, 11) is 0. The summed E-state index contributed by atoms with van der Waals surface area (Å²) >= 11 is 2.77. The molecule has 2 aromatic heterocycles. The standard InChI is InChI=1S/C14H17N3O2S2/c1-2-7-15-12(18)6-5-10-9-21-14(16-10)17-13(19)11-4-3-8-20-11/h3-4,8-9H,2,5-7H2,1H3,(H,15,18)(H,16,17,19). The van der Waals surface area contributed by atoms with Crippen LogP contribution in [0.15, 0.2) is 22.9 Å². The number of aryl methyl sites for hydroxylation is 1.